The Kier molecular flexibility index (Phi) is 6.60. The van der Waals surface area contributed by atoms with Crippen LogP contribution in [0.25, 0.3) is 0 Å². The van der Waals surface area contributed by atoms with E-state index >= 15 is 0 Å². The van der Waals surface area contributed by atoms with Crippen molar-refractivity contribution in [1.29, 1.82) is 0 Å². The number of carbonyl (C=O) groups is 1. The summed E-state index contributed by atoms with van der Waals surface area (Å²) in [6.07, 6.45) is 2.03. The van der Waals surface area contributed by atoms with Gasteiger partial charge >= 0.3 is 0 Å². The van der Waals surface area contributed by atoms with Crippen molar-refractivity contribution in [1.82, 2.24) is 29.9 Å². The van der Waals surface area contributed by atoms with Gasteiger partial charge in [0.1, 0.15) is 5.69 Å². The number of nitrogens with one attached hydrogen (secondary N) is 2. The van der Waals surface area contributed by atoms with Crippen LogP contribution in [0.5, 0.6) is 5.75 Å². The Morgan fingerprint density at radius 2 is 1.92 bits per heavy atom. The van der Waals surface area contributed by atoms with E-state index in [1.165, 1.54) is 0 Å². The Bertz CT molecular complexity index is 765. The molecule has 1 amide bonds. The first-order valence-electron chi connectivity index (χ1n) is 8.50. The molecule has 1 saturated heterocycles. The van der Waals surface area contributed by atoms with Crippen LogP contribution in [-0.2, 0) is 18.9 Å². The maximum absolute atomic E-state index is 12.2. The topological polar surface area (TPSA) is 98.9 Å². The average molecular weight is 384 g/mol. The summed E-state index contributed by atoms with van der Waals surface area (Å²) in [5.74, 6) is 1.96. The molecule has 10 heteroatoms. The molecule has 0 aliphatic carbocycles. The summed E-state index contributed by atoms with van der Waals surface area (Å²) < 4.78 is 8.96. The van der Waals surface area contributed by atoms with E-state index in [4.69, 9.17) is 4.74 Å². The number of aryl methyl sites for hydroxylation is 3. The van der Waals surface area contributed by atoms with Crippen molar-refractivity contribution in [2.24, 2.45) is 14.1 Å². The fourth-order valence-electron chi connectivity index (χ4n) is 3.03. The number of carbonyl (C=O) groups excluding carboxylic acids is 1. The van der Waals surface area contributed by atoms with Crippen LogP contribution in [-0.4, -0.2) is 50.1 Å². The van der Waals surface area contributed by atoms with Crippen LogP contribution in [0.15, 0.2) is 0 Å². The van der Waals surface area contributed by atoms with Crippen LogP contribution < -0.4 is 15.4 Å². The van der Waals surface area contributed by atoms with Crippen molar-refractivity contribution in [3.63, 3.8) is 0 Å². The van der Waals surface area contributed by atoms with Crippen molar-refractivity contribution in [2.45, 2.75) is 32.6 Å². The number of halogens is 1. The van der Waals surface area contributed by atoms with Gasteiger partial charge in [0.15, 0.2) is 18.2 Å². The van der Waals surface area contributed by atoms with Gasteiger partial charge in [-0.25, -0.2) is 4.68 Å². The van der Waals surface area contributed by atoms with Crippen LogP contribution >= 0.6 is 12.4 Å². The molecule has 0 atom stereocenters. The maximum atomic E-state index is 12.2. The van der Waals surface area contributed by atoms with E-state index in [0.29, 0.717) is 17.6 Å². The lowest BCUT2D eigenvalue weighted by Gasteiger charge is -2.19. The highest BCUT2D eigenvalue weighted by molar-refractivity contribution is 5.90. The largest absolute Gasteiger partial charge is 0.480 e. The molecule has 2 aromatic rings. The molecule has 0 bridgehead atoms. The zero-order chi connectivity index (χ0) is 18.0. The molecular formula is C16H26ClN7O2. The van der Waals surface area contributed by atoms with Gasteiger partial charge in [0.25, 0.3) is 5.91 Å². The predicted octanol–water partition coefficient (Wildman–Crippen LogP) is 1.07. The highest BCUT2D eigenvalue weighted by atomic mass is 35.5. The first kappa shape index (κ1) is 20.2. The maximum Gasteiger partial charge on any atom is 0.264 e. The standard InChI is InChI=1S/C16H25N7O2.ClH/c1-10-14(11(2)22(3)20-10)25-9-13(24)18-16-19-15(21-23(16)4)12-5-7-17-8-6-12;/h12,17H,5-9H2,1-4H3,(H,18,19,21,24);1H. The molecule has 1 aliphatic rings. The van der Waals surface area contributed by atoms with Gasteiger partial charge in [0.2, 0.25) is 5.95 Å². The molecule has 0 saturated carbocycles. The van der Waals surface area contributed by atoms with Crippen LogP contribution in [0.2, 0.25) is 0 Å². The SMILES string of the molecule is Cc1nn(C)c(C)c1OCC(=O)Nc1nc(C2CCNCC2)nn1C.Cl. The number of ether oxygens (including phenoxy) is 1. The van der Waals surface area contributed by atoms with Gasteiger partial charge in [0.05, 0.1) is 5.69 Å². The monoisotopic (exact) mass is 383 g/mol. The van der Waals surface area contributed by atoms with Crippen molar-refractivity contribution in [3.8, 4) is 5.75 Å². The Balaban J connectivity index is 0.00000243. The molecule has 1 fully saturated rings. The molecule has 9 nitrogen and oxygen atoms in total. The second-order valence-corrected chi connectivity index (χ2v) is 6.40. The molecule has 2 aromatic heterocycles. The van der Waals surface area contributed by atoms with E-state index in [9.17, 15) is 4.79 Å². The summed E-state index contributed by atoms with van der Waals surface area (Å²) >= 11 is 0. The fourth-order valence-corrected chi connectivity index (χ4v) is 3.03. The predicted molar refractivity (Wildman–Crippen MR) is 99.9 cm³/mol. The molecule has 0 radical (unpaired) electrons. The number of aromatic nitrogens is 5. The minimum absolute atomic E-state index is 0. The lowest BCUT2D eigenvalue weighted by atomic mass is 9.98. The number of hydrogen-bond donors (Lipinski definition) is 2. The smallest absolute Gasteiger partial charge is 0.264 e. The third kappa shape index (κ3) is 4.34. The molecular weight excluding hydrogens is 358 g/mol. The molecule has 144 valence electrons. The zero-order valence-corrected chi connectivity index (χ0v) is 16.4. The minimum atomic E-state index is -0.269. The Morgan fingerprint density at radius 3 is 2.54 bits per heavy atom. The third-order valence-electron chi connectivity index (χ3n) is 4.53. The molecule has 0 aromatic carbocycles. The minimum Gasteiger partial charge on any atom is -0.480 e. The lowest BCUT2D eigenvalue weighted by molar-refractivity contribution is -0.118. The first-order valence-corrected chi connectivity index (χ1v) is 8.50. The number of rotatable bonds is 5. The van der Waals surface area contributed by atoms with Crippen molar-refractivity contribution < 1.29 is 9.53 Å². The summed E-state index contributed by atoms with van der Waals surface area (Å²) in [7, 11) is 3.63. The van der Waals surface area contributed by atoms with E-state index in [-0.39, 0.29) is 24.9 Å². The normalized spacial score (nSPS) is 14.8. The van der Waals surface area contributed by atoms with E-state index in [0.717, 1.165) is 43.1 Å². The van der Waals surface area contributed by atoms with Crippen LogP contribution in [0.4, 0.5) is 5.95 Å². The molecule has 3 rings (SSSR count). The summed E-state index contributed by atoms with van der Waals surface area (Å²) in [6.45, 7) is 5.61. The molecule has 1 aliphatic heterocycles. The fraction of sp³-hybridized carbons (Fsp3) is 0.625. The van der Waals surface area contributed by atoms with Crippen LogP contribution in [0, 0.1) is 13.8 Å². The van der Waals surface area contributed by atoms with Gasteiger partial charge in [0, 0.05) is 20.0 Å². The highest BCUT2D eigenvalue weighted by Gasteiger charge is 2.21. The molecule has 26 heavy (non-hydrogen) atoms. The second-order valence-electron chi connectivity index (χ2n) is 6.40. The van der Waals surface area contributed by atoms with Crippen LogP contribution in [0.3, 0.4) is 0 Å². The highest BCUT2D eigenvalue weighted by Crippen LogP contribution is 2.23. The van der Waals surface area contributed by atoms with E-state index < -0.39 is 0 Å². The quantitative estimate of drug-likeness (QED) is 0.801. The van der Waals surface area contributed by atoms with Crippen LogP contribution in [0.1, 0.15) is 36.0 Å². The molecule has 2 N–H and O–H groups in total. The Labute approximate surface area is 158 Å². The van der Waals surface area contributed by atoms with Gasteiger partial charge in [-0.2, -0.15) is 15.2 Å². The number of amides is 1. The number of anilines is 1. The first-order chi connectivity index (χ1) is 12.0. The lowest BCUT2D eigenvalue weighted by Crippen LogP contribution is -2.27. The summed E-state index contributed by atoms with van der Waals surface area (Å²) in [5.41, 5.74) is 1.65. The van der Waals surface area contributed by atoms with Gasteiger partial charge in [-0.05, 0) is 39.8 Å². The van der Waals surface area contributed by atoms with Crippen molar-refractivity contribution in [2.75, 3.05) is 25.0 Å². The number of piperidine rings is 1. The van der Waals surface area contributed by atoms with Gasteiger partial charge in [-0.1, -0.05) is 0 Å². The summed E-state index contributed by atoms with van der Waals surface area (Å²) in [4.78, 5) is 16.7. The summed E-state index contributed by atoms with van der Waals surface area (Å²) in [6, 6.07) is 0. The van der Waals surface area contributed by atoms with E-state index in [2.05, 4.69) is 25.8 Å². The van der Waals surface area contributed by atoms with Gasteiger partial charge < -0.3 is 10.1 Å². The van der Waals surface area contributed by atoms with Gasteiger partial charge in [-0.3, -0.25) is 14.8 Å². The van der Waals surface area contributed by atoms with Gasteiger partial charge in [-0.15, -0.1) is 12.4 Å². The van der Waals surface area contributed by atoms with Crippen molar-refractivity contribution in [3.05, 3.63) is 17.2 Å². The molecule has 3 heterocycles. The number of nitrogens with zero attached hydrogens (tertiary/aromatic N) is 5. The summed E-state index contributed by atoms with van der Waals surface area (Å²) in [5, 5.41) is 14.8. The average Bonchev–Trinajstić information content (AvgIpc) is 3.07. The zero-order valence-electron chi connectivity index (χ0n) is 15.6. The second kappa shape index (κ2) is 8.50. The third-order valence-corrected chi connectivity index (χ3v) is 4.53. The number of hydrogen-bond acceptors (Lipinski definition) is 6. The Morgan fingerprint density at radius 1 is 1.23 bits per heavy atom. The Hall–Kier alpha value is -2.13. The van der Waals surface area contributed by atoms with Crippen molar-refractivity contribution >= 4 is 24.3 Å². The van der Waals surface area contributed by atoms with E-state index in [1.54, 1.807) is 16.4 Å². The molecule has 0 spiro atoms. The van der Waals surface area contributed by atoms with E-state index in [1.807, 2.05) is 20.9 Å². The molecule has 0 unspecified atom stereocenters.